The molecular weight excluding hydrogens is 196 g/mol. The highest BCUT2D eigenvalue weighted by Gasteiger charge is 2.29. The molecule has 0 aliphatic heterocycles. The Labute approximate surface area is 93.4 Å². The van der Waals surface area contributed by atoms with Crippen LogP contribution >= 0.6 is 0 Å². The van der Waals surface area contributed by atoms with Crippen LogP contribution in [0.25, 0.3) is 0 Å². The first kappa shape index (κ1) is 10.4. The Kier molecular flexibility index (Phi) is 2.66. The van der Waals surface area contributed by atoms with Crippen molar-refractivity contribution in [1.29, 1.82) is 0 Å². The summed E-state index contributed by atoms with van der Waals surface area (Å²) in [6.45, 7) is 8.73. The lowest BCUT2D eigenvalue weighted by Crippen LogP contribution is -2.27. The van der Waals surface area contributed by atoms with Gasteiger partial charge in [-0.1, -0.05) is 60.8 Å². The van der Waals surface area contributed by atoms with Gasteiger partial charge in [0.2, 0.25) is 0 Å². The minimum absolute atomic E-state index is 0.543. The smallest absolute Gasteiger partial charge is 0.0847 e. The van der Waals surface area contributed by atoms with E-state index in [1.807, 2.05) is 0 Å². The predicted molar refractivity (Wildman–Crippen MR) is 70.4 cm³/mol. The maximum atomic E-state index is 3.88. The molecule has 1 heteroatoms. The maximum absolute atomic E-state index is 3.88. The molecule has 1 atom stereocenters. The second kappa shape index (κ2) is 3.82. The van der Waals surface area contributed by atoms with Crippen LogP contribution in [0, 0.1) is 5.92 Å². The van der Waals surface area contributed by atoms with Gasteiger partial charge in [-0.25, -0.2) is 0 Å². The number of rotatable bonds is 3. The number of hydrogen-bond acceptors (Lipinski definition) is 0. The van der Waals surface area contributed by atoms with E-state index in [2.05, 4.69) is 62.2 Å². The largest absolute Gasteiger partial charge is 0.103 e. The van der Waals surface area contributed by atoms with Crippen LogP contribution in [-0.4, -0.2) is 8.07 Å². The van der Waals surface area contributed by atoms with E-state index in [9.17, 15) is 0 Å². The van der Waals surface area contributed by atoms with Gasteiger partial charge in [0.05, 0.1) is 8.07 Å². The van der Waals surface area contributed by atoms with E-state index in [-0.39, 0.29) is 0 Å². The third kappa shape index (κ3) is 1.84. The molecule has 0 radical (unpaired) electrons. The van der Waals surface area contributed by atoms with E-state index in [4.69, 9.17) is 0 Å². The van der Waals surface area contributed by atoms with Crippen LogP contribution < -0.4 is 0 Å². The number of allylic oxidation sites excluding steroid dienone is 9. The molecule has 2 aliphatic carbocycles. The Balaban J connectivity index is 2.37. The summed E-state index contributed by atoms with van der Waals surface area (Å²) in [7, 11) is -1.29. The van der Waals surface area contributed by atoms with Gasteiger partial charge in [-0.05, 0) is 11.6 Å². The fraction of sp³-hybridized carbons (Fsp3) is 0.286. The summed E-state index contributed by atoms with van der Waals surface area (Å²) in [5.41, 5.74) is 1.52. The van der Waals surface area contributed by atoms with E-state index in [0.717, 1.165) is 0 Å². The van der Waals surface area contributed by atoms with Crippen molar-refractivity contribution in [1.82, 2.24) is 0 Å². The van der Waals surface area contributed by atoms with Gasteiger partial charge in [-0.2, -0.15) is 0 Å². The van der Waals surface area contributed by atoms with Crippen molar-refractivity contribution >= 4 is 8.07 Å². The summed E-state index contributed by atoms with van der Waals surface area (Å²) < 4.78 is 0. The molecule has 0 saturated carbocycles. The first-order valence-electron chi connectivity index (χ1n) is 5.54. The summed E-state index contributed by atoms with van der Waals surface area (Å²) in [6, 6.07) is 1.17. The third-order valence-corrected chi connectivity index (χ3v) is 6.45. The Hall–Kier alpha value is -1.08. The van der Waals surface area contributed by atoms with Crippen LogP contribution in [0.3, 0.4) is 0 Å². The quantitative estimate of drug-likeness (QED) is 0.491. The van der Waals surface area contributed by atoms with Crippen LogP contribution in [0.1, 0.15) is 0 Å². The lowest BCUT2D eigenvalue weighted by molar-refractivity contribution is 1.02. The molecule has 0 bridgehead atoms. The average Bonchev–Trinajstić information content (AvgIpc) is 2.61. The summed E-state index contributed by atoms with van der Waals surface area (Å²) in [4.78, 5) is 0. The molecule has 0 nitrogen and oxygen atoms in total. The van der Waals surface area contributed by atoms with Crippen LogP contribution in [0.15, 0.2) is 59.9 Å². The van der Waals surface area contributed by atoms with Gasteiger partial charge in [-0.15, -0.1) is 6.58 Å². The average molecular weight is 214 g/mol. The van der Waals surface area contributed by atoms with Gasteiger partial charge < -0.3 is 0 Å². The second-order valence-corrected chi connectivity index (χ2v) is 9.59. The van der Waals surface area contributed by atoms with Gasteiger partial charge >= 0.3 is 0 Å². The minimum atomic E-state index is -1.29. The Morgan fingerprint density at radius 1 is 1.27 bits per heavy atom. The zero-order chi connectivity index (χ0) is 10.9. The molecule has 0 saturated heterocycles. The van der Waals surface area contributed by atoms with Gasteiger partial charge in [0.25, 0.3) is 0 Å². The summed E-state index contributed by atoms with van der Waals surface area (Å²) in [5.74, 6) is 0.543. The molecule has 2 rings (SSSR count). The molecule has 0 aromatic rings. The Morgan fingerprint density at radius 3 is 2.80 bits per heavy atom. The fourth-order valence-electron chi connectivity index (χ4n) is 2.38. The summed E-state index contributed by atoms with van der Waals surface area (Å²) in [5, 5.41) is 1.60. The highest BCUT2D eigenvalue weighted by atomic mass is 28.3. The van der Waals surface area contributed by atoms with E-state index < -0.39 is 8.07 Å². The zero-order valence-electron chi connectivity index (χ0n) is 9.53. The highest BCUT2D eigenvalue weighted by Crippen LogP contribution is 2.36. The van der Waals surface area contributed by atoms with E-state index in [0.29, 0.717) is 5.92 Å². The molecule has 15 heavy (non-hydrogen) atoms. The zero-order valence-corrected chi connectivity index (χ0v) is 10.5. The first-order chi connectivity index (χ1) is 7.15. The molecule has 0 fully saturated rings. The second-order valence-electron chi connectivity index (χ2n) is 4.87. The Bertz CT molecular complexity index is 392. The molecule has 0 spiro atoms. The van der Waals surface area contributed by atoms with Crippen LogP contribution in [0.5, 0.6) is 0 Å². The summed E-state index contributed by atoms with van der Waals surface area (Å²) in [6.07, 6.45) is 15.6. The maximum Gasteiger partial charge on any atom is 0.0847 e. The summed E-state index contributed by atoms with van der Waals surface area (Å²) >= 11 is 0. The highest BCUT2D eigenvalue weighted by molar-refractivity contribution is 6.85. The van der Waals surface area contributed by atoms with Crippen molar-refractivity contribution in [3.05, 3.63) is 59.9 Å². The molecule has 1 unspecified atom stereocenters. The van der Waals surface area contributed by atoms with Crippen molar-refractivity contribution in [3.8, 4) is 0 Å². The first-order valence-corrected chi connectivity index (χ1v) is 8.74. The van der Waals surface area contributed by atoms with Crippen molar-refractivity contribution in [2.45, 2.75) is 19.1 Å². The van der Waals surface area contributed by atoms with Crippen molar-refractivity contribution < 1.29 is 0 Å². The molecular formula is C14H18Si. The van der Waals surface area contributed by atoms with Crippen molar-refractivity contribution in [3.63, 3.8) is 0 Å². The predicted octanol–water partition coefficient (Wildman–Crippen LogP) is 4.03. The number of fused-ring (bicyclic) bond motifs is 1. The SMILES string of the molecule is C=CC[Si](C)(C)C1=C2C=CC=CC2C=C1. The molecule has 0 aromatic carbocycles. The molecule has 2 aliphatic rings. The van der Waals surface area contributed by atoms with Gasteiger partial charge in [0.15, 0.2) is 0 Å². The van der Waals surface area contributed by atoms with E-state index in [1.165, 1.54) is 11.6 Å². The Morgan fingerprint density at radius 2 is 2.07 bits per heavy atom. The molecule has 0 heterocycles. The number of hydrogen-bond donors (Lipinski definition) is 0. The van der Waals surface area contributed by atoms with E-state index in [1.54, 1.807) is 5.20 Å². The van der Waals surface area contributed by atoms with Crippen molar-refractivity contribution in [2.24, 2.45) is 5.92 Å². The standard InChI is InChI=1S/C14H18Si/c1-4-11-15(2,3)14-10-9-12-7-5-6-8-13(12)14/h4-10,12H,1,11H2,2-3H3. The fourth-order valence-corrected chi connectivity index (χ4v) is 4.90. The van der Waals surface area contributed by atoms with Crippen LogP contribution in [0.2, 0.25) is 19.1 Å². The topological polar surface area (TPSA) is 0 Å². The van der Waals surface area contributed by atoms with Gasteiger partial charge in [0.1, 0.15) is 0 Å². The lowest BCUT2D eigenvalue weighted by atomic mass is 9.98. The van der Waals surface area contributed by atoms with Gasteiger partial charge in [-0.3, -0.25) is 0 Å². The van der Waals surface area contributed by atoms with Crippen LogP contribution in [-0.2, 0) is 0 Å². The van der Waals surface area contributed by atoms with Crippen LogP contribution in [0.4, 0.5) is 0 Å². The molecule has 0 N–H and O–H groups in total. The van der Waals surface area contributed by atoms with E-state index >= 15 is 0 Å². The monoisotopic (exact) mass is 214 g/mol. The molecule has 78 valence electrons. The normalized spacial score (nSPS) is 23.5. The minimum Gasteiger partial charge on any atom is -0.103 e. The lowest BCUT2D eigenvalue weighted by Gasteiger charge is -2.24. The molecule has 0 aromatic heterocycles. The van der Waals surface area contributed by atoms with Gasteiger partial charge in [0, 0.05) is 5.92 Å². The van der Waals surface area contributed by atoms with Crippen molar-refractivity contribution in [2.75, 3.05) is 0 Å². The third-order valence-electron chi connectivity index (χ3n) is 3.23. The molecule has 0 amide bonds.